The zero-order valence-corrected chi connectivity index (χ0v) is 12.1. The summed E-state index contributed by atoms with van der Waals surface area (Å²) in [5.74, 6) is 1.97. The molecule has 3 heteroatoms. The van der Waals surface area contributed by atoms with Crippen LogP contribution in [0.4, 0.5) is 0 Å². The fourth-order valence-electron chi connectivity index (χ4n) is 1.87. The van der Waals surface area contributed by atoms with Crippen molar-refractivity contribution in [2.75, 3.05) is 7.11 Å². The van der Waals surface area contributed by atoms with E-state index in [1.165, 1.54) is 5.56 Å². The highest BCUT2D eigenvalue weighted by Crippen LogP contribution is 2.15. The highest BCUT2D eigenvalue weighted by molar-refractivity contribution is 7.83. The van der Waals surface area contributed by atoms with E-state index in [9.17, 15) is 4.21 Å². The number of rotatable bonds is 5. The first-order valence-corrected chi connectivity index (χ1v) is 7.69. The van der Waals surface area contributed by atoms with Crippen molar-refractivity contribution in [1.82, 2.24) is 0 Å². The summed E-state index contributed by atoms with van der Waals surface area (Å²) >= 11 is 0. The summed E-state index contributed by atoms with van der Waals surface area (Å²) in [4.78, 5) is 0. The molecule has 2 nitrogen and oxygen atoms in total. The maximum absolute atomic E-state index is 12.1. The van der Waals surface area contributed by atoms with E-state index in [0.29, 0.717) is 11.5 Å². The lowest BCUT2D eigenvalue weighted by atomic mass is 10.2. The first-order valence-electron chi connectivity index (χ1n) is 6.21. The second kappa shape index (κ2) is 6.53. The van der Waals surface area contributed by atoms with Crippen LogP contribution in [0.3, 0.4) is 0 Å². The van der Waals surface area contributed by atoms with E-state index in [1.807, 2.05) is 36.4 Å². The lowest BCUT2D eigenvalue weighted by Gasteiger charge is -2.05. The fourth-order valence-corrected chi connectivity index (χ4v) is 3.09. The predicted octanol–water partition coefficient (Wildman–Crippen LogP) is 3.45. The fraction of sp³-hybridized carbons (Fsp3) is 0.250. The minimum Gasteiger partial charge on any atom is -0.497 e. The highest BCUT2D eigenvalue weighted by atomic mass is 32.2. The van der Waals surface area contributed by atoms with Crippen LogP contribution in [0.2, 0.25) is 0 Å². The molecular weight excluding hydrogens is 256 g/mol. The van der Waals surface area contributed by atoms with Gasteiger partial charge in [0.2, 0.25) is 0 Å². The zero-order valence-electron chi connectivity index (χ0n) is 11.3. The number of aryl methyl sites for hydroxylation is 1. The Hall–Kier alpha value is -1.61. The number of hydrogen-bond acceptors (Lipinski definition) is 2. The van der Waals surface area contributed by atoms with Gasteiger partial charge in [0.05, 0.1) is 7.11 Å². The van der Waals surface area contributed by atoms with Crippen LogP contribution < -0.4 is 4.74 Å². The Balaban J connectivity index is 1.99. The van der Waals surface area contributed by atoms with Crippen LogP contribution >= 0.6 is 0 Å². The van der Waals surface area contributed by atoms with Gasteiger partial charge in [-0.1, -0.05) is 42.0 Å². The number of methoxy groups -OCH3 is 1. The first kappa shape index (κ1) is 13.8. The van der Waals surface area contributed by atoms with E-state index < -0.39 is 10.8 Å². The molecule has 0 heterocycles. The van der Waals surface area contributed by atoms with Crippen LogP contribution in [0.5, 0.6) is 5.75 Å². The van der Waals surface area contributed by atoms with Crippen LogP contribution in [0, 0.1) is 6.92 Å². The molecule has 0 aliphatic rings. The molecule has 0 aromatic heterocycles. The van der Waals surface area contributed by atoms with E-state index in [4.69, 9.17) is 4.74 Å². The Bertz CT molecular complexity index is 561. The molecule has 1 unspecified atom stereocenters. The van der Waals surface area contributed by atoms with Gasteiger partial charge in [-0.15, -0.1) is 0 Å². The summed E-state index contributed by atoms with van der Waals surface area (Å²) in [6.45, 7) is 2.05. The monoisotopic (exact) mass is 274 g/mol. The Kier molecular flexibility index (Phi) is 4.74. The number of benzene rings is 2. The Labute approximate surface area is 116 Å². The molecule has 0 N–H and O–H groups in total. The van der Waals surface area contributed by atoms with Gasteiger partial charge in [-0.05, 0) is 30.2 Å². The molecule has 2 rings (SSSR count). The Morgan fingerprint density at radius 1 is 1.00 bits per heavy atom. The lowest BCUT2D eigenvalue weighted by molar-refractivity contribution is 0.414. The van der Waals surface area contributed by atoms with E-state index in [-0.39, 0.29) is 0 Å². The number of ether oxygens (including phenoxy) is 1. The summed E-state index contributed by atoms with van der Waals surface area (Å²) in [7, 11) is 0.747. The molecule has 0 bridgehead atoms. The van der Waals surface area contributed by atoms with Crippen molar-refractivity contribution in [1.29, 1.82) is 0 Å². The summed E-state index contributed by atoms with van der Waals surface area (Å²) < 4.78 is 17.3. The van der Waals surface area contributed by atoms with Gasteiger partial charge in [0, 0.05) is 22.3 Å². The van der Waals surface area contributed by atoms with Gasteiger partial charge in [-0.3, -0.25) is 4.21 Å². The average Bonchev–Trinajstić information content (AvgIpc) is 2.41. The van der Waals surface area contributed by atoms with E-state index in [1.54, 1.807) is 7.11 Å². The average molecular weight is 274 g/mol. The molecule has 0 spiro atoms. The smallest absolute Gasteiger partial charge is 0.119 e. The molecule has 0 saturated carbocycles. The molecule has 0 saturated heterocycles. The zero-order chi connectivity index (χ0) is 13.7. The van der Waals surface area contributed by atoms with Crippen molar-refractivity contribution in [3.63, 3.8) is 0 Å². The predicted molar refractivity (Wildman–Crippen MR) is 79.7 cm³/mol. The summed E-state index contributed by atoms with van der Waals surface area (Å²) in [5, 5.41) is 0. The van der Waals surface area contributed by atoms with Gasteiger partial charge in [-0.2, -0.15) is 0 Å². The van der Waals surface area contributed by atoms with Gasteiger partial charge in [0.1, 0.15) is 5.75 Å². The maximum atomic E-state index is 12.1. The Morgan fingerprint density at radius 3 is 2.37 bits per heavy atom. The summed E-state index contributed by atoms with van der Waals surface area (Å²) in [6.07, 6.45) is 0. The van der Waals surface area contributed by atoms with Crippen LogP contribution in [-0.2, 0) is 22.3 Å². The van der Waals surface area contributed by atoms with Crippen molar-refractivity contribution in [2.45, 2.75) is 18.4 Å². The van der Waals surface area contributed by atoms with Crippen LogP contribution in [0.15, 0.2) is 48.5 Å². The maximum Gasteiger partial charge on any atom is 0.119 e. The SMILES string of the molecule is COc1cccc(CS(=O)Cc2ccc(C)cc2)c1. The van der Waals surface area contributed by atoms with Crippen LogP contribution in [-0.4, -0.2) is 11.3 Å². The molecule has 2 aromatic rings. The third kappa shape index (κ3) is 4.21. The largest absolute Gasteiger partial charge is 0.497 e. The molecule has 0 aliphatic carbocycles. The number of hydrogen-bond donors (Lipinski definition) is 0. The minimum absolute atomic E-state index is 0.561. The highest BCUT2D eigenvalue weighted by Gasteiger charge is 2.04. The Morgan fingerprint density at radius 2 is 1.68 bits per heavy atom. The lowest BCUT2D eigenvalue weighted by Crippen LogP contribution is -1.99. The third-order valence-electron chi connectivity index (χ3n) is 2.91. The minimum atomic E-state index is -0.894. The quantitative estimate of drug-likeness (QED) is 0.834. The molecule has 100 valence electrons. The van der Waals surface area contributed by atoms with E-state index in [0.717, 1.165) is 16.9 Å². The summed E-state index contributed by atoms with van der Waals surface area (Å²) in [6, 6.07) is 15.9. The van der Waals surface area contributed by atoms with Crippen LogP contribution in [0.1, 0.15) is 16.7 Å². The molecule has 1 atom stereocenters. The van der Waals surface area contributed by atoms with Crippen molar-refractivity contribution < 1.29 is 8.95 Å². The standard InChI is InChI=1S/C16H18O2S/c1-13-6-8-14(9-7-13)11-19(17)12-15-4-3-5-16(10-15)18-2/h3-10H,11-12H2,1-2H3. The molecule has 0 radical (unpaired) electrons. The van der Waals surface area contributed by atoms with Crippen LogP contribution in [0.25, 0.3) is 0 Å². The topological polar surface area (TPSA) is 26.3 Å². The molecule has 0 fully saturated rings. The molecular formula is C16H18O2S. The molecule has 0 aliphatic heterocycles. The first-order chi connectivity index (χ1) is 9.17. The van der Waals surface area contributed by atoms with Gasteiger partial charge < -0.3 is 4.74 Å². The van der Waals surface area contributed by atoms with Crippen molar-refractivity contribution in [3.05, 3.63) is 65.2 Å². The van der Waals surface area contributed by atoms with E-state index >= 15 is 0 Å². The second-order valence-electron chi connectivity index (χ2n) is 4.57. The second-order valence-corrected chi connectivity index (χ2v) is 6.02. The normalized spacial score (nSPS) is 12.1. The van der Waals surface area contributed by atoms with Crippen molar-refractivity contribution in [2.24, 2.45) is 0 Å². The van der Waals surface area contributed by atoms with Crippen molar-refractivity contribution in [3.8, 4) is 5.75 Å². The van der Waals surface area contributed by atoms with Gasteiger partial charge in [0.15, 0.2) is 0 Å². The van der Waals surface area contributed by atoms with Gasteiger partial charge in [0.25, 0.3) is 0 Å². The summed E-state index contributed by atoms with van der Waals surface area (Å²) in [5.41, 5.74) is 3.39. The van der Waals surface area contributed by atoms with Gasteiger partial charge in [-0.25, -0.2) is 0 Å². The molecule has 0 amide bonds. The van der Waals surface area contributed by atoms with E-state index in [2.05, 4.69) is 19.1 Å². The molecule has 2 aromatic carbocycles. The van der Waals surface area contributed by atoms with Gasteiger partial charge >= 0.3 is 0 Å². The molecule has 19 heavy (non-hydrogen) atoms. The third-order valence-corrected chi connectivity index (χ3v) is 4.22. The van der Waals surface area contributed by atoms with Crippen molar-refractivity contribution >= 4 is 10.8 Å².